The third-order valence-corrected chi connectivity index (χ3v) is 3.25. The predicted molar refractivity (Wildman–Crippen MR) is 76.3 cm³/mol. The molecular formula is C15H13ClF3NO. The van der Waals surface area contributed by atoms with Gasteiger partial charge in [-0.2, -0.15) is 0 Å². The van der Waals surface area contributed by atoms with E-state index in [-0.39, 0.29) is 5.75 Å². The Bertz CT molecular complexity index is 629. The second-order valence-corrected chi connectivity index (χ2v) is 4.80. The third kappa shape index (κ3) is 4.12. The van der Waals surface area contributed by atoms with Crippen LogP contribution in [0.5, 0.6) is 5.75 Å². The molecule has 6 heteroatoms. The third-order valence-electron chi connectivity index (χ3n) is 2.88. The minimum Gasteiger partial charge on any atom is -0.405 e. The van der Waals surface area contributed by atoms with Gasteiger partial charge in [0.05, 0.1) is 0 Å². The molecule has 0 bridgehead atoms. The molecule has 0 saturated carbocycles. The van der Waals surface area contributed by atoms with Gasteiger partial charge in [-0.3, -0.25) is 0 Å². The number of nitrogens with two attached hydrogens (primary N) is 1. The van der Waals surface area contributed by atoms with Crippen molar-refractivity contribution in [2.45, 2.75) is 12.8 Å². The lowest BCUT2D eigenvalue weighted by atomic mass is 10.0. The van der Waals surface area contributed by atoms with E-state index in [4.69, 9.17) is 17.3 Å². The first kappa shape index (κ1) is 15.7. The van der Waals surface area contributed by atoms with Crippen molar-refractivity contribution >= 4 is 11.6 Å². The van der Waals surface area contributed by atoms with E-state index in [0.717, 1.165) is 5.56 Å². The van der Waals surface area contributed by atoms with Crippen molar-refractivity contribution in [1.82, 2.24) is 0 Å². The molecular weight excluding hydrogens is 303 g/mol. The van der Waals surface area contributed by atoms with Crippen molar-refractivity contribution in [1.29, 1.82) is 0 Å². The van der Waals surface area contributed by atoms with E-state index in [1.54, 1.807) is 30.3 Å². The van der Waals surface area contributed by atoms with E-state index < -0.39 is 6.36 Å². The molecule has 21 heavy (non-hydrogen) atoms. The fraction of sp³-hybridized carbons (Fsp3) is 0.200. The molecule has 0 aliphatic heterocycles. The Morgan fingerprint density at radius 2 is 1.81 bits per heavy atom. The highest BCUT2D eigenvalue weighted by Gasteiger charge is 2.32. The van der Waals surface area contributed by atoms with Gasteiger partial charge < -0.3 is 10.5 Å². The van der Waals surface area contributed by atoms with Crippen molar-refractivity contribution in [3.8, 4) is 16.9 Å². The molecule has 0 fully saturated rings. The van der Waals surface area contributed by atoms with Crippen LogP contribution in [0.1, 0.15) is 5.56 Å². The van der Waals surface area contributed by atoms with Crippen molar-refractivity contribution in [3.05, 3.63) is 53.1 Å². The van der Waals surface area contributed by atoms with Crippen molar-refractivity contribution in [3.63, 3.8) is 0 Å². The van der Waals surface area contributed by atoms with Gasteiger partial charge >= 0.3 is 6.36 Å². The Labute approximate surface area is 125 Å². The number of hydrogen-bond acceptors (Lipinski definition) is 2. The Morgan fingerprint density at radius 3 is 2.48 bits per heavy atom. The summed E-state index contributed by atoms with van der Waals surface area (Å²) in [5, 5.41) is 0.540. The van der Waals surface area contributed by atoms with Gasteiger partial charge in [0.1, 0.15) is 5.75 Å². The van der Waals surface area contributed by atoms with Crippen LogP contribution in [0.3, 0.4) is 0 Å². The smallest absolute Gasteiger partial charge is 0.405 e. The molecule has 2 aromatic carbocycles. The molecule has 112 valence electrons. The van der Waals surface area contributed by atoms with Crippen molar-refractivity contribution < 1.29 is 17.9 Å². The van der Waals surface area contributed by atoms with E-state index in [1.165, 1.54) is 12.1 Å². The van der Waals surface area contributed by atoms with Crippen LogP contribution in [-0.4, -0.2) is 12.9 Å². The van der Waals surface area contributed by atoms with Crippen LogP contribution in [0.25, 0.3) is 11.1 Å². The SMILES string of the molecule is NCCc1cc(-c2ccccc2OC(F)(F)F)ccc1Cl. The number of benzene rings is 2. The largest absolute Gasteiger partial charge is 0.573 e. The Balaban J connectivity index is 2.44. The number of ether oxygens (including phenoxy) is 1. The molecule has 2 nitrogen and oxygen atoms in total. The van der Waals surface area contributed by atoms with Gasteiger partial charge in [0.15, 0.2) is 0 Å². The maximum Gasteiger partial charge on any atom is 0.573 e. The van der Waals surface area contributed by atoms with Crippen LogP contribution < -0.4 is 10.5 Å². The molecule has 0 aliphatic carbocycles. The zero-order valence-corrected chi connectivity index (χ0v) is 11.7. The lowest BCUT2D eigenvalue weighted by Gasteiger charge is -2.14. The quantitative estimate of drug-likeness (QED) is 0.907. The van der Waals surface area contributed by atoms with Crippen molar-refractivity contribution in [2.75, 3.05) is 6.54 Å². The number of alkyl halides is 3. The molecule has 2 rings (SSSR count). The number of hydrogen-bond donors (Lipinski definition) is 1. The molecule has 0 spiro atoms. The monoisotopic (exact) mass is 315 g/mol. The molecule has 0 heterocycles. The summed E-state index contributed by atoms with van der Waals surface area (Å²) in [5.41, 5.74) is 7.24. The minimum atomic E-state index is -4.73. The number of halogens is 4. The first-order chi connectivity index (χ1) is 9.90. The van der Waals surface area contributed by atoms with Gasteiger partial charge in [-0.15, -0.1) is 13.2 Å². The molecule has 0 unspecified atom stereocenters. The van der Waals surface area contributed by atoms with Crippen LogP contribution in [0, 0.1) is 0 Å². The van der Waals surface area contributed by atoms with E-state index in [0.29, 0.717) is 29.1 Å². The van der Waals surface area contributed by atoms with Gasteiger partial charge in [-0.05, 0) is 42.3 Å². The second kappa shape index (κ2) is 6.37. The first-order valence-electron chi connectivity index (χ1n) is 6.24. The summed E-state index contributed by atoms with van der Waals surface area (Å²) in [6, 6.07) is 11.0. The molecule has 0 saturated heterocycles. The summed E-state index contributed by atoms with van der Waals surface area (Å²) < 4.78 is 41.4. The second-order valence-electron chi connectivity index (χ2n) is 4.39. The number of rotatable bonds is 4. The summed E-state index contributed by atoms with van der Waals surface area (Å²) in [7, 11) is 0. The molecule has 0 aromatic heterocycles. The lowest BCUT2D eigenvalue weighted by Crippen LogP contribution is -2.17. The first-order valence-corrected chi connectivity index (χ1v) is 6.62. The number of para-hydroxylation sites is 1. The summed E-state index contributed by atoms with van der Waals surface area (Å²) in [6.07, 6.45) is -4.18. The molecule has 0 radical (unpaired) electrons. The van der Waals surface area contributed by atoms with E-state index in [1.807, 2.05) is 0 Å². The fourth-order valence-electron chi connectivity index (χ4n) is 2.01. The van der Waals surface area contributed by atoms with Gasteiger partial charge in [-0.25, -0.2) is 0 Å². The topological polar surface area (TPSA) is 35.2 Å². The Hall–Kier alpha value is -1.72. The minimum absolute atomic E-state index is 0.244. The van der Waals surface area contributed by atoms with Crippen LogP contribution in [0.15, 0.2) is 42.5 Å². The average Bonchev–Trinajstić information content (AvgIpc) is 2.40. The summed E-state index contributed by atoms with van der Waals surface area (Å²) in [6.45, 7) is 0.407. The van der Waals surface area contributed by atoms with Gasteiger partial charge in [0, 0.05) is 10.6 Å². The molecule has 0 aliphatic rings. The Morgan fingerprint density at radius 1 is 1.10 bits per heavy atom. The summed E-state index contributed by atoms with van der Waals surface area (Å²) in [4.78, 5) is 0. The predicted octanol–water partition coefficient (Wildman–Crippen LogP) is 4.41. The zero-order valence-electron chi connectivity index (χ0n) is 11.0. The van der Waals surface area contributed by atoms with Crippen LogP contribution in [0.2, 0.25) is 5.02 Å². The average molecular weight is 316 g/mol. The van der Waals surface area contributed by atoms with E-state index in [2.05, 4.69) is 4.74 Å². The highest BCUT2D eigenvalue weighted by molar-refractivity contribution is 6.31. The van der Waals surface area contributed by atoms with Gasteiger partial charge in [-0.1, -0.05) is 35.9 Å². The van der Waals surface area contributed by atoms with E-state index in [9.17, 15) is 13.2 Å². The lowest BCUT2D eigenvalue weighted by molar-refractivity contribution is -0.274. The van der Waals surface area contributed by atoms with Crippen LogP contribution >= 0.6 is 11.6 Å². The van der Waals surface area contributed by atoms with Crippen molar-refractivity contribution in [2.24, 2.45) is 5.73 Å². The summed E-state index contributed by atoms with van der Waals surface area (Å²) >= 11 is 6.04. The van der Waals surface area contributed by atoms with Crippen LogP contribution in [0.4, 0.5) is 13.2 Å². The normalized spacial score (nSPS) is 11.5. The Kier molecular flexibility index (Phi) is 4.75. The highest BCUT2D eigenvalue weighted by Crippen LogP contribution is 2.35. The maximum atomic E-state index is 12.4. The highest BCUT2D eigenvalue weighted by atomic mass is 35.5. The summed E-state index contributed by atoms with van der Waals surface area (Å²) in [5.74, 6) is -0.244. The fourth-order valence-corrected chi connectivity index (χ4v) is 2.22. The molecule has 2 N–H and O–H groups in total. The molecule has 0 atom stereocenters. The maximum absolute atomic E-state index is 12.4. The standard InChI is InChI=1S/C15H13ClF3NO/c16-13-6-5-10(9-11(13)7-8-20)12-3-1-2-4-14(12)21-15(17,18)19/h1-6,9H,7-8,20H2. The van der Waals surface area contributed by atoms with E-state index >= 15 is 0 Å². The van der Waals surface area contributed by atoms with Crippen LogP contribution in [-0.2, 0) is 6.42 Å². The molecule has 2 aromatic rings. The van der Waals surface area contributed by atoms with Gasteiger partial charge in [0.25, 0.3) is 0 Å². The van der Waals surface area contributed by atoms with Gasteiger partial charge in [0.2, 0.25) is 0 Å². The molecule has 0 amide bonds. The zero-order chi connectivity index (χ0) is 15.5.